The molecule has 0 saturated heterocycles. The lowest BCUT2D eigenvalue weighted by Gasteiger charge is -2.14. The Hall–Kier alpha value is -1.67. The van der Waals surface area contributed by atoms with Crippen LogP contribution in [0, 0.1) is 20.8 Å². The van der Waals surface area contributed by atoms with Crippen LogP contribution in [-0.4, -0.2) is 0 Å². The second kappa shape index (κ2) is 4.91. The van der Waals surface area contributed by atoms with Gasteiger partial charge in [-0.1, -0.05) is 29.3 Å². The van der Waals surface area contributed by atoms with E-state index in [9.17, 15) is 0 Å². The number of aryl methyl sites for hydroxylation is 3. The SMILES string of the molecule is Cc1ccc(Nc2cc(Cl)c(N)cc2C)c(C)c1. The van der Waals surface area contributed by atoms with Crippen LogP contribution in [0.1, 0.15) is 16.7 Å². The summed E-state index contributed by atoms with van der Waals surface area (Å²) in [6.07, 6.45) is 0. The zero-order valence-electron chi connectivity index (χ0n) is 10.8. The number of rotatable bonds is 2. The van der Waals surface area contributed by atoms with Gasteiger partial charge in [-0.05, 0) is 50.1 Å². The Labute approximate surface area is 113 Å². The predicted octanol–water partition coefficient (Wildman–Crippen LogP) is 4.59. The highest BCUT2D eigenvalue weighted by Gasteiger charge is 2.05. The molecule has 2 nitrogen and oxygen atoms in total. The summed E-state index contributed by atoms with van der Waals surface area (Å²) in [5.74, 6) is 0. The van der Waals surface area contributed by atoms with Gasteiger partial charge in [0.1, 0.15) is 0 Å². The first kappa shape index (κ1) is 12.8. The van der Waals surface area contributed by atoms with Crippen LogP contribution in [0.3, 0.4) is 0 Å². The van der Waals surface area contributed by atoms with E-state index in [1.54, 1.807) is 0 Å². The lowest BCUT2D eigenvalue weighted by Crippen LogP contribution is -1.97. The Morgan fingerprint density at radius 3 is 2.28 bits per heavy atom. The molecule has 0 radical (unpaired) electrons. The van der Waals surface area contributed by atoms with Gasteiger partial charge in [0.05, 0.1) is 10.7 Å². The standard InChI is InChI=1S/C15H17ClN2/c1-9-4-5-14(10(2)6-9)18-15-8-12(16)13(17)7-11(15)3/h4-8,18H,17H2,1-3H3. The number of nitrogen functional groups attached to an aromatic ring is 1. The third kappa shape index (κ3) is 2.59. The number of benzene rings is 2. The monoisotopic (exact) mass is 260 g/mol. The molecule has 0 heterocycles. The summed E-state index contributed by atoms with van der Waals surface area (Å²) >= 11 is 6.05. The van der Waals surface area contributed by atoms with E-state index >= 15 is 0 Å². The van der Waals surface area contributed by atoms with E-state index in [1.165, 1.54) is 11.1 Å². The van der Waals surface area contributed by atoms with E-state index < -0.39 is 0 Å². The van der Waals surface area contributed by atoms with Gasteiger partial charge >= 0.3 is 0 Å². The molecule has 18 heavy (non-hydrogen) atoms. The van der Waals surface area contributed by atoms with Crippen LogP contribution < -0.4 is 11.1 Å². The van der Waals surface area contributed by atoms with E-state index in [-0.39, 0.29) is 0 Å². The summed E-state index contributed by atoms with van der Waals surface area (Å²) < 4.78 is 0. The molecule has 94 valence electrons. The highest BCUT2D eigenvalue weighted by molar-refractivity contribution is 6.33. The maximum atomic E-state index is 6.05. The van der Waals surface area contributed by atoms with E-state index in [0.717, 1.165) is 16.9 Å². The van der Waals surface area contributed by atoms with Crippen molar-refractivity contribution in [1.82, 2.24) is 0 Å². The predicted molar refractivity (Wildman–Crippen MR) is 79.8 cm³/mol. The minimum atomic E-state index is 0.577. The molecule has 0 amide bonds. The molecule has 0 aliphatic rings. The molecule has 3 heteroatoms. The highest BCUT2D eigenvalue weighted by Crippen LogP contribution is 2.30. The zero-order valence-corrected chi connectivity index (χ0v) is 11.6. The van der Waals surface area contributed by atoms with E-state index in [4.69, 9.17) is 17.3 Å². The first-order valence-corrected chi connectivity index (χ1v) is 6.25. The maximum absolute atomic E-state index is 6.05. The fourth-order valence-corrected chi connectivity index (χ4v) is 2.10. The number of anilines is 3. The number of hydrogen-bond acceptors (Lipinski definition) is 2. The van der Waals surface area contributed by atoms with Crippen molar-refractivity contribution in [1.29, 1.82) is 0 Å². The van der Waals surface area contributed by atoms with E-state index in [0.29, 0.717) is 10.7 Å². The van der Waals surface area contributed by atoms with Crippen molar-refractivity contribution >= 4 is 28.7 Å². The second-order valence-corrected chi connectivity index (χ2v) is 5.04. The first-order valence-electron chi connectivity index (χ1n) is 5.87. The molecule has 0 aliphatic carbocycles. The van der Waals surface area contributed by atoms with Crippen LogP contribution in [0.2, 0.25) is 5.02 Å². The average molecular weight is 261 g/mol. The Balaban J connectivity index is 2.37. The minimum Gasteiger partial charge on any atom is -0.398 e. The van der Waals surface area contributed by atoms with Crippen LogP contribution in [0.5, 0.6) is 0 Å². The van der Waals surface area contributed by atoms with Gasteiger partial charge in [-0.15, -0.1) is 0 Å². The first-order chi connectivity index (χ1) is 8.47. The van der Waals surface area contributed by atoms with Crippen molar-refractivity contribution in [2.75, 3.05) is 11.1 Å². The summed E-state index contributed by atoms with van der Waals surface area (Å²) in [6.45, 7) is 6.18. The van der Waals surface area contributed by atoms with Gasteiger partial charge in [0, 0.05) is 11.4 Å². The van der Waals surface area contributed by atoms with Gasteiger partial charge in [0.15, 0.2) is 0 Å². The van der Waals surface area contributed by atoms with Crippen molar-refractivity contribution in [2.45, 2.75) is 20.8 Å². The molecule has 0 fully saturated rings. The lowest BCUT2D eigenvalue weighted by atomic mass is 10.1. The quantitative estimate of drug-likeness (QED) is 0.775. The van der Waals surface area contributed by atoms with Gasteiger partial charge < -0.3 is 11.1 Å². The maximum Gasteiger partial charge on any atom is 0.0656 e. The Morgan fingerprint density at radius 1 is 0.944 bits per heavy atom. The second-order valence-electron chi connectivity index (χ2n) is 4.63. The number of hydrogen-bond donors (Lipinski definition) is 2. The Bertz CT molecular complexity index is 591. The van der Waals surface area contributed by atoms with Crippen molar-refractivity contribution in [3.63, 3.8) is 0 Å². The highest BCUT2D eigenvalue weighted by atomic mass is 35.5. The summed E-state index contributed by atoms with van der Waals surface area (Å²) in [5, 5.41) is 3.97. The zero-order chi connectivity index (χ0) is 13.3. The van der Waals surface area contributed by atoms with Gasteiger partial charge in [-0.2, -0.15) is 0 Å². The minimum absolute atomic E-state index is 0.577. The fourth-order valence-electron chi connectivity index (χ4n) is 1.94. The van der Waals surface area contributed by atoms with Crippen molar-refractivity contribution in [2.24, 2.45) is 0 Å². The molecular weight excluding hydrogens is 244 g/mol. The molecule has 0 aliphatic heterocycles. The van der Waals surface area contributed by atoms with Gasteiger partial charge in [-0.25, -0.2) is 0 Å². The molecule has 2 aromatic rings. The van der Waals surface area contributed by atoms with Crippen LogP contribution in [0.15, 0.2) is 30.3 Å². The number of halogens is 1. The van der Waals surface area contributed by atoms with Crippen LogP contribution in [-0.2, 0) is 0 Å². The summed E-state index contributed by atoms with van der Waals surface area (Å²) in [4.78, 5) is 0. The van der Waals surface area contributed by atoms with Crippen molar-refractivity contribution in [3.05, 3.63) is 52.0 Å². The summed E-state index contributed by atoms with van der Waals surface area (Å²) in [7, 11) is 0. The molecular formula is C15H17ClN2. The van der Waals surface area contributed by atoms with Gasteiger partial charge in [-0.3, -0.25) is 0 Å². The number of nitrogens with two attached hydrogens (primary N) is 1. The smallest absolute Gasteiger partial charge is 0.0656 e. The molecule has 0 saturated carbocycles. The lowest BCUT2D eigenvalue weighted by molar-refractivity contribution is 1.35. The normalized spacial score (nSPS) is 10.4. The summed E-state index contributed by atoms with van der Waals surface area (Å²) in [5.41, 5.74) is 12.0. The molecule has 3 N–H and O–H groups in total. The van der Waals surface area contributed by atoms with Crippen molar-refractivity contribution < 1.29 is 0 Å². The van der Waals surface area contributed by atoms with Crippen LogP contribution in [0.4, 0.5) is 17.1 Å². The van der Waals surface area contributed by atoms with E-state index in [2.05, 4.69) is 37.4 Å². The molecule has 2 rings (SSSR count). The molecule has 0 aromatic heterocycles. The van der Waals surface area contributed by atoms with E-state index in [1.807, 2.05) is 19.1 Å². The van der Waals surface area contributed by atoms with Crippen LogP contribution in [0.25, 0.3) is 0 Å². The largest absolute Gasteiger partial charge is 0.398 e. The van der Waals surface area contributed by atoms with Crippen molar-refractivity contribution in [3.8, 4) is 0 Å². The van der Waals surface area contributed by atoms with Gasteiger partial charge in [0.2, 0.25) is 0 Å². The third-order valence-electron chi connectivity index (χ3n) is 2.99. The molecule has 0 bridgehead atoms. The topological polar surface area (TPSA) is 38.0 Å². The molecule has 0 unspecified atom stereocenters. The fraction of sp³-hybridized carbons (Fsp3) is 0.200. The Morgan fingerprint density at radius 2 is 1.61 bits per heavy atom. The van der Waals surface area contributed by atoms with Crippen LogP contribution >= 0.6 is 11.6 Å². The number of nitrogens with one attached hydrogen (secondary N) is 1. The average Bonchev–Trinajstić information content (AvgIpc) is 2.29. The Kier molecular flexibility index (Phi) is 3.48. The summed E-state index contributed by atoms with van der Waals surface area (Å²) in [6, 6.07) is 10.1. The molecule has 0 spiro atoms. The third-order valence-corrected chi connectivity index (χ3v) is 3.32. The molecule has 0 atom stereocenters. The van der Waals surface area contributed by atoms with Gasteiger partial charge in [0.25, 0.3) is 0 Å². The molecule has 2 aromatic carbocycles.